The highest BCUT2D eigenvalue weighted by atomic mass is 16.1. The molecular formula is C4H3N3O. The van der Waals surface area contributed by atoms with Crippen LogP contribution in [0.4, 0.5) is 0 Å². The monoisotopic (exact) mass is 109 g/mol. The predicted octanol–water partition coefficient (Wildman–Crippen LogP) is 0.186. The molecule has 0 spiro atoms. The van der Waals surface area contributed by atoms with Crippen LogP contribution in [0.3, 0.4) is 0 Å². The van der Waals surface area contributed by atoms with Crippen molar-refractivity contribution in [1.29, 1.82) is 0 Å². The van der Waals surface area contributed by atoms with Crippen molar-refractivity contribution >= 4 is 5.94 Å². The second-order valence-corrected chi connectivity index (χ2v) is 1.16. The molecule has 0 aromatic heterocycles. The molecule has 0 atom stereocenters. The zero-order valence-corrected chi connectivity index (χ0v) is 3.96. The third-order valence-electron chi connectivity index (χ3n) is 0.646. The summed E-state index contributed by atoms with van der Waals surface area (Å²) in [4.78, 5) is 9.78. The summed E-state index contributed by atoms with van der Waals surface area (Å²) >= 11 is 0. The Hall–Kier alpha value is -1.41. The quantitative estimate of drug-likeness (QED) is 0.451. The van der Waals surface area contributed by atoms with E-state index >= 15 is 0 Å². The standard InChI is InChI=1S/C4H3N3O/c8-3-4-1-2-5-7-6-4/h1-2H,(H,5,6). The minimum atomic E-state index is 0.306. The molecular weight excluding hydrogens is 106 g/mol. The molecule has 1 aliphatic heterocycles. The fourth-order valence-electron chi connectivity index (χ4n) is 0.318. The molecule has 1 rings (SSSR count). The van der Waals surface area contributed by atoms with Gasteiger partial charge >= 0.3 is 0 Å². The Kier molecular flexibility index (Phi) is 1.21. The molecule has 0 amide bonds. The second-order valence-electron chi connectivity index (χ2n) is 1.16. The fraction of sp³-hybridized carbons (Fsp3) is 0. The van der Waals surface area contributed by atoms with E-state index in [2.05, 4.69) is 15.8 Å². The van der Waals surface area contributed by atoms with Crippen LogP contribution in [0.5, 0.6) is 0 Å². The van der Waals surface area contributed by atoms with Gasteiger partial charge in [-0.05, 0) is 6.08 Å². The van der Waals surface area contributed by atoms with Gasteiger partial charge in [-0.3, -0.25) is 0 Å². The van der Waals surface area contributed by atoms with Gasteiger partial charge in [-0.2, -0.15) is 0 Å². The van der Waals surface area contributed by atoms with Crippen LogP contribution in [-0.2, 0) is 4.79 Å². The van der Waals surface area contributed by atoms with Crippen molar-refractivity contribution in [3.8, 4) is 0 Å². The van der Waals surface area contributed by atoms with Gasteiger partial charge in [0.25, 0.3) is 0 Å². The van der Waals surface area contributed by atoms with Crippen molar-refractivity contribution in [3.05, 3.63) is 18.0 Å². The Labute approximate surface area is 45.6 Å². The molecule has 40 valence electrons. The van der Waals surface area contributed by atoms with Crippen LogP contribution in [0.1, 0.15) is 0 Å². The van der Waals surface area contributed by atoms with Crippen molar-refractivity contribution in [2.24, 2.45) is 10.3 Å². The van der Waals surface area contributed by atoms with Gasteiger partial charge < -0.3 is 0 Å². The summed E-state index contributed by atoms with van der Waals surface area (Å²) < 4.78 is 0. The van der Waals surface area contributed by atoms with E-state index in [1.165, 1.54) is 12.3 Å². The third kappa shape index (κ3) is 0.802. The normalized spacial score (nSPS) is 15.2. The summed E-state index contributed by atoms with van der Waals surface area (Å²) in [5.74, 6) is 1.62. The number of nitrogens with one attached hydrogen (secondary N) is 1. The Bertz CT molecular complexity index is 187. The second kappa shape index (κ2) is 2.04. The number of rotatable bonds is 0. The molecule has 8 heavy (non-hydrogen) atoms. The van der Waals surface area contributed by atoms with Crippen LogP contribution >= 0.6 is 0 Å². The van der Waals surface area contributed by atoms with E-state index in [0.717, 1.165) is 0 Å². The van der Waals surface area contributed by atoms with E-state index in [1.54, 1.807) is 5.94 Å². The van der Waals surface area contributed by atoms with Gasteiger partial charge in [-0.15, -0.1) is 5.11 Å². The molecule has 1 heterocycles. The average molecular weight is 109 g/mol. The maximum Gasteiger partial charge on any atom is 0.152 e. The zero-order chi connectivity index (χ0) is 5.82. The first kappa shape index (κ1) is 4.74. The van der Waals surface area contributed by atoms with Crippen LogP contribution < -0.4 is 5.43 Å². The van der Waals surface area contributed by atoms with E-state index in [9.17, 15) is 4.79 Å². The summed E-state index contributed by atoms with van der Waals surface area (Å²) in [6.45, 7) is 0. The molecule has 0 fully saturated rings. The first-order valence-electron chi connectivity index (χ1n) is 2.01. The van der Waals surface area contributed by atoms with Crippen LogP contribution in [0.25, 0.3) is 0 Å². The van der Waals surface area contributed by atoms with Crippen molar-refractivity contribution in [2.75, 3.05) is 0 Å². The molecule has 0 saturated carbocycles. The summed E-state index contributed by atoms with van der Waals surface area (Å²) in [5.41, 5.74) is 2.64. The molecule has 0 bridgehead atoms. The van der Waals surface area contributed by atoms with Crippen molar-refractivity contribution < 1.29 is 4.79 Å². The van der Waals surface area contributed by atoms with Gasteiger partial charge in [0.1, 0.15) is 5.70 Å². The summed E-state index contributed by atoms with van der Waals surface area (Å²) in [7, 11) is 0. The smallest absolute Gasteiger partial charge is 0.152 e. The first-order valence-corrected chi connectivity index (χ1v) is 2.01. The lowest BCUT2D eigenvalue weighted by atomic mass is 10.5. The maximum absolute atomic E-state index is 9.78. The molecule has 0 aromatic rings. The van der Waals surface area contributed by atoms with Gasteiger partial charge in [-0.1, -0.05) is 5.22 Å². The first-order chi connectivity index (χ1) is 3.93. The lowest BCUT2D eigenvalue weighted by Gasteiger charge is -1.94. The molecule has 0 saturated heterocycles. The fourth-order valence-corrected chi connectivity index (χ4v) is 0.318. The van der Waals surface area contributed by atoms with Crippen LogP contribution in [-0.4, -0.2) is 5.94 Å². The average Bonchev–Trinajstić information content (AvgIpc) is 1.90. The minimum absolute atomic E-state index is 0.306. The predicted molar refractivity (Wildman–Crippen MR) is 26.3 cm³/mol. The SMILES string of the molecule is O=C=C1C=CN=NN1. The highest BCUT2D eigenvalue weighted by Gasteiger charge is 1.90. The number of carbonyl (C=O) groups excluding carboxylic acids is 1. The molecule has 4 heteroatoms. The molecule has 4 nitrogen and oxygen atoms in total. The number of hydrogen-bond acceptors (Lipinski definition) is 4. The Morgan fingerprint density at radius 2 is 2.62 bits per heavy atom. The topological polar surface area (TPSA) is 53.8 Å². The molecule has 0 aromatic carbocycles. The van der Waals surface area contributed by atoms with Gasteiger partial charge in [0.15, 0.2) is 5.94 Å². The lowest BCUT2D eigenvalue weighted by molar-refractivity contribution is 0.565. The summed E-state index contributed by atoms with van der Waals surface area (Å²) in [6.07, 6.45) is 2.90. The molecule has 1 aliphatic rings. The highest BCUT2D eigenvalue weighted by Crippen LogP contribution is 1.92. The van der Waals surface area contributed by atoms with Gasteiger partial charge in [0, 0.05) is 0 Å². The molecule has 0 aliphatic carbocycles. The summed E-state index contributed by atoms with van der Waals surface area (Å²) in [5, 5.41) is 6.73. The van der Waals surface area contributed by atoms with Crippen molar-refractivity contribution in [2.45, 2.75) is 0 Å². The minimum Gasteiger partial charge on any atom is -0.249 e. The Morgan fingerprint density at radius 3 is 3.00 bits per heavy atom. The lowest BCUT2D eigenvalue weighted by Crippen LogP contribution is -2.03. The third-order valence-corrected chi connectivity index (χ3v) is 0.646. The zero-order valence-electron chi connectivity index (χ0n) is 3.96. The highest BCUT2D eigenvalue weighted by molar-refractivity contribution is 5.56. The largest absolute Gasteiger partial charge is 0.249 e. The van der Waals surface area contributed by atoms with Gasteiger partial charge in [0.05, 0.1) is 6.20 Å². The van der Waals surface area contributed by atoms with Crippen LogP contribution in [0, 0.1) is 0 Å². The van der Waals surface area contributed by atoms with Crippen LogP contribution in [0.2, 0.25) is 0 Å². The summed E-state index contributed by atoms with van der Waals surface area (Å²) in [6, 6.07) is 0. The van der Waals surface area contributed by atoms with E-state index < -0.39 is 0 Å². The molecule has 0 radical (unpaired) electrons. The van der Waals surface area contributed by atoms with Crippen LogP contribution in [0.15, 0.2) is 28.3 Å². The van der Waals surface area contributed by atoms with Gasteiger partial charge in [-0.25, -0.2) is 10.2 Å². The molecule has 1 N–H and O–H groups in total. The number of allylic oxidation sites excluding steroid dienone is 1. The van der Waals surface area contributed by atoms with Gasteiger partial charge in [0.2, 0.25) is 0 Å². The Balaban J connectivity index is 2.80. The van der Waals surface area contributed by atoms with E-state index in [-0.39, 0.29) is 0 Å². The van der Waals surface area contributed by atoms with Crippen molar-refractivity contribution in [1.82, 2.24) is 5.43 Å². The van der Waals surface area contributed by atoms with E-state index in [0.29, 0.717) is 5.70 Å². The van der Waals surface area contributed by atoms with E-state index in [1.807, 2.05) is 0 Å². The Morgan fingerprint density at radius 1 is 1.75 bits per heavy atom. The van der Waals surface area contributed by atoms with Crippen molar-refractivity contribution in [3.63, 3.8) is 0 Å². The number of hydrogen-bond donors (Lipinski definition) is 1. The maximum atomic E-state index is 9.78. The number of nitrogens with zero attached hydrogens (tertiary/aromatic N) is 2. The van der Waals surface area contributed by atoms with E-state index in [4.69, 9.17) is 0 Å². The molecule has 0 unspecified atom stereocenters.